The van der Waals surface area contributed by atoms with Crippen molar-refractivity contribution < 1.29 is 47.8 Å². The molecular weight excluding hydrogens is 1790 g/mol. The average Bonchev–Trinajstić information content (AvgIpc) is 0.814. The van der Waals surface area contributed by atoms with Crippen molar-refractivity contribution in [1.29, 1.82) is 0 Å². The maximum atomic E-state index is 12.9. The summed E-state index contributed by atoms with van der Waals surface area (Å²) < 4.78 is 10.6. The van der Waals surface area contributed by atoms with E-state index in [0.717, 1.165) is 0 Å². The number of aromatic nitrogens is 4. The van der Waals surface area contributed by atoms with Crippen molar-refractivity contribution in [3.63, 3.8) is 0 Å². The number of halogens is 8. The quantitative estimate of drug-likeness (QED) is 0.0524. The standard InChI is InChI=1S/2C25H24Cl2N4O2.2C23H19Cl2N3O3/c2*1-15-13-31(14-16(2)29-15)25(33)17-6-8-19(22(27)11-17)24(32)30-18-7-9-21(26)20(12-18)23-5-3-4-10-28-23;2*24-19-7-5-16(14-18(19)21-3-1-2-8-26-21)27-22(29)17-6-4-15(13-20(17)25)23(30)28-9-11-31-12-10-28/h2*3-12,15-16,29H,13-14H2,1-2H3,(H,30,32);2*1-8,13-14H,9-12H2,(H,27,29). The highest BCUT2D eigenvalue weighted by Gasteiger charge is 2.30. The molecule has 128 heavy (non-hydrogen) atoms. The van der Waals surface area contributed by atoms with E-state index in [2.05, 4.69) is 51.8 Å². The first-order chi connectivity index (χ1) is 61.7. The van der Waals surface area contributed by atoms with Crippen LogP contribution in [-0.2, 0) is 9.47 Å². The number of hydrogen-bond acceptors (Lipinski definition) is 16. The molecule has 0 radical (unpaired) electrons. The number of pyridine rings is 4. The molecule has 4 aromatic heterocycles. The number of hydrogen-bond donors (Lipinski definition) is 6. The first-order valence-corrected chi connectivity index (χ1v) is 43.8. The van der Waals surface area contributed by atoms with Gasteiger partial charge in [0.15, 0.2) is 0 Å². The lowest BCUT2D eigenvalue weighted by atomic mass is 10.1. The molecule has 656 valence electrons. The van der Waals surface area contributed by atoms with Crippen molar-refractivity contribution in [3.05, 3.63) is 328 Å². The van der Waals surface area contributed by atoms with E-state index in [0.29, 0.717) is 189 Å². The van der Waals surface area contributed by atoms with Gasteiger partial charge in [0.1, 0.15) is 0 Å². The van der Waals surface area contributed by atoms with Crippen molar-refractivity contribution in [2.24, 2.45) is 0 Å². The molecule has 8 heterocycles. The van der Waals surface area contributed by atoms with Gasteiger partial charge in [-0.1, -0.05) is 117 Å². The molecule has 4 saturated heterocycles. The second kappa shape index (κ2) is 44.3. The first-order valence-electron chi connectivity index (χ1n) is 40.8. The lowest BCUT2D eigenvalue weighted by molar-refractivity contribution is 0.0301. The predicted octanol–water partition coefficient (Wildman–Crippen LogP) is 19.8. The second-order valence-corrected chi connectivity index (χ2v) is 33.7. The Balaban J connectivity index is 0.000000146. The molecule has 0 spiro atoms. The third-order valence-electron chi connectivity index (χ3n) is 20.8. The summed E-state index contributed by atoms with van der Waals surface area (Å²) in [5.41, 5.74) is 10.8. The Labute approximate surface area is 779 Å². The van der Waals surface area contributed by atoms with E-state index in [9.17, 15) is 38.4 Å². The van der Waals surface area contributed by atoms with Crippen LogP contribution < -0.4 is 31.9 Å². The van der Waals surface area contributed by atoms with Gasteiger partial charge in [-0.15, -0.1) is 0 Å². The zero-order valence-corrected chi connectivity index (χ0v) is 75.6. The van der Waals surface area contributed by atoms with Gasteiger partial charge in [0.2, 0.25) is 0 Å². The molecule has 8 aromatic carbocycles. The summed E-state index contributed by atoms with van der Waals surface area (Å²) in [6.07, 6.45) is 6.72. The highest BCUT2D eigenvalue weighted by atomic mass is 35.5. The molecule has 0 aliphatic carbocycles. The Morgan fingerprint density at radius 3 is 0.727 bits per heavy atom. The van der Waals surface area contributed by atoms with Crippen LogP contribution in [0.2, 0.25) is 40.2 Å². The molecule has 4 atom stereocenters. The highest BCUT2D eigenvalue weighted by molar-refractivity contribution is 6.38. The Bertz CT molecular complexity index is 5680. The number of carbonyl (C=O) groups excluding carboxylic acids is 8. The topological polar surface area (TPSA) is 292 Å². The largest absolute Gasteiger partial charge is 0.378 e. The Kier molecular flexibility index (Phi) is 32.5. The fourth-order valence-corrected chi connectivity index (χ4v) is 16.6. The van der Waals surface area contributed by atoms with Crippen LogP contribution in [0.3, 0.4) is 0 Å². The van der Waals surface area contributed by atoms with Crippen LogP contribution in [0.1, 0.15) is 111 Å². The average molecular weight is 1880 g/mol. The molecular formula is C96H86Cl8N14O10. The van der Waals surface area contributed by atoms with Crippen LogP contribution in [0.25, 0.3) is 45.0 Å². The fraction of sp³-hybridized carbons (Fsp3) is 0.208. The lowest BCUT2D eigenvalue weighted by Gasteiger charge is -2.36. The van der Waals surface area contributed by atoms with E-state index in [-0.39, 0.29) is 114 Å². The number of morpholine rings is 2. The van der Waals surface area contributed by atoms with E-state index in [4.69, 9.17) is 102 Å². The molecule has 24 nitrogen and oxygen atoms in total. The minimum atomic E-state index is -0.385. The van der Waals surface area contributed by atoms with Gasteiger partial charge in [-0.2, -0.15) is 0 Å². The zero-order valence-electron chi connectivity index (χ0n) is 69.6. The number of piperazine rings is 2. The Hall–Kier alpha value is -11.7. The summed E-state index contributed by atoms with van der Waals surface area (Å²) in [5, 5.41) is 21.1. The summed E-state index contributed by atoms with van der Waals surface area (Å²) in [7, 11) is 0. The van der Waals surface area contributed by atoms with Crippen LogP contribution in [-0.4, -0.2) is 190 Å². The molecule has 4 unspecified atom stereocenters. The smallest absolute Gasteiger partial charge is 0.257 e. The summed E-state index contributed by atoms with van der Waals surface area (Å²) in [4.78, 5) is 127. The molecule has 32 heteroatoms. The first kappa shape index (κ1) is 93.9. The number of anilines is 4. The van der Waals surface area contributed by atoms with Crippen LogP contribution in [0.4, 0.5) is 22.7 Å². The number of nitrogens with zero attached hydrogens (tertiary/aromatic N) is 8. The second-order valence-electron chi connectivity index (χ2n) is 30.4. The molecule has 8 amide bonds. The van der Waals surface area contributed by atoms with Crippen molar-refractivity contribution in [2.75, 3.05) is 100 Å². The monoisotopic (exact) mass is 1870 g/mol. The van der Waals surface area contributed by atoms with E-state index in [1.165, 1.54) is 12.1 Å². The minimum absolute atomic E-state index is 0.0956. The van der Waals surface area contributed by atoms with E-state index in [1.807, 2.05) is 110 Å². The molecule has 4 aliphatic rings. The van der Waals surface area contributed by atoms with Crippen molar-refractivity contribution >= 4 is 163 Å². The number of carbonyl (C=O) groups is 8. The van der Waals surface area contributed by atoms with Gasteiger partial charge in [-0.25, -0.2) is 0 Å². The third kappa shape index (κ3) is 24.6. The summed E-state index contributed by atoms with van der Waals surface area (Å²) in [5.74, 6) is -1.97. The predicted molar refractivity (Wildman–Crippen MR) is 506 cm³/mol. The highest BCUT2D eigenvalue weighted by Crippen LogP contribution is 2.36. The van der Waals surface area contributed by atoms with Gasteiger partial charge < -0.3 is 61.0 Å². The van der Waals surface area contributed by atoms with Crippen LogP contribution in [0.15, 0.2) is 243 Å². The van der Waals surface area contributed by atoms with Gasteiger partial charge in [0.05, 0.1) is 112 Å². The third-order valence-corrected chi connectivity index (χ3v) is 23.4. The number of rotatable bonds is 16. The maximum Gasteiger partial charge on any atom is 0.257 e. The molecule has 4 aliphatic heterocycles. The minimum Gasteiger partial charge on any atom is -0.378 e. The van der Waals surface area contributed by atoms with Gasteiger partial charge in [-0.3, -0.25) is 58.3 Å². The summed E-state index contributed by atoms with van der Waals surface area (Å²) in [6, 6.07) is 62.6. The van der Waals surface area contributed by atoms with E-state index < -0.39 is 0 Å². The van der Waals surface area contributed by atoms with Crippen LogP contribution in [0, 0.1) is 0 Å². The van der Waals surface area contributed by atoms with Crippen molar-refractivity contribution in [1.82, 2.24) is 50.2 Å². The number of nitrogens with one attached hydrogen (secondary N) is 6. The number of amides is 8. The molecule has 6 N–H and O–H groups in total. The van der Waals surface area contributed by atoms with Gasteiger partial charge in [0.25, 0.3) is 47.3 Å². The molecule has 12 aromatic rings. The normalized spacial score (nSPS) is 16.0. The van der Waals surface area contributed by atoms with Crippen LogP contribution in [0.5, 0.6) is 0 Å². The zero-order chi connectivity index (χ0) is 90.7. The molecule has 16 rings (SSSR count). The molecule has 0 bridgehead atoms. The number of ether oxygens (including phenoxy) is 2. The van der Waals surface area contributed by atoms with E-state index >= 15 is 0 Å². The van der Waals surface area contributed by atoms with E-state index in [1.54, 1.807) is 168 Å². The Morgan fingerprint density at radius 1 is 0.289 bits per heavy atom. The van der Waals surface area contributed by atoms with Crippen molar-refractivity contribution in [3.8, 4) is 45.0 Å². The fourth-order valence-electron chi connectivity index (χ4n) is 14.7. The molecule has 0 saturated carbocycles. The molecule has 4 fully saturated rings. The van der Waals surface area contributed by atoms with Gasteiger partial charge >= 0.3 is 0 Å². The van der Waals surface area contributed by atoms with Gasteiger partial charge in [0, 0.05) is 169 Å². The van der Waals surface area contributed by atoms with Gasteiger partial charge in [-0.05, 0) is 222 Å². The summed E-state index contributed by atoms with van der Waals surface area (Å²) >= 11 is 50.7. The van der Waals surface area contributed by atoms with Crippen molar-refractivity contribution in [2.45, 2.75) is 51.9 Å². The summed E-state index contributed by atoms with van der Waals surface area (Å²) in [6.45, 7) is 14.9. The number of benzene rings is 8. The van der Waals surface area contributed by atoms with Crippen LogP contribution >= 0.6 is 92.8 Å². The lowest BCUT2D eigenvalue weighted by Crippen LogP contribution is -2.55. The Morgan fingerprint density at radius 2 is 0.516 bits per heavy atom. The SMILES string of the molecule is CC1CN(C(=O)c2ccc(C(=O)Nc3ccc(Cl)c(-c4ccccn4)c3)c(Cl)c2)CC(C)N1.CC1CN(C(=O)c2ccc(C(=O)Nc3ccc(Cl)c(-c4ccccn4)c3)c(Cl)c2)CC(C)N1.O=C(Nc1ccc(Cl)c(-c2ccccn2)c1)c1ccc(C(=O)N2CCOCC2)cc1Cl.O=C(Nc1ccc(Cl)c(-c2ccccn2)c1)c1ccc(C(=O)N2CCOCC2)cc1Cl. The maximum absolute atomic E-state index is 12.9.